The fourth-order valence-electron chi connectivity index (χ4n) is 1.79. The maximum atomic E-state index is 5.11. The molecule has 1 aliphatic carbocycles. The third kappa shape index (κ3) is 2.17. The van der Waals surface area contributed by atoms with Gasteiger partial charge in [-0.3, -0.25) is 0 Å². The van der Waals surface area contributed by atoms with Crippen LogP contribution in [0.5, 0.6) is 0 Å². The number of thiazole rings is 1. The Morgan fingerprint density at radius 2 is 2.18 bits per heavy atom. The molecular weight excluding hydrogens is 254 g/mol. The van der Waals surface area contributed by atoms with Crippen LogP contribution in [0.4, 0.5) is 0 Å². The molecule has 0 bridgehead atoms. The van der Waals surface area contributed by atoms with Gasteiger partial charge in [0.05, 0.1) is 10.4 Å². The van der Waals surface area contributed by atoms with Gasteiger partial charge in [-0.2, -0.15) is 0 Å². The number of hydrogen-bond acceptors (Lipinski definition) is 6. The summed E-state index contributed by atoms with van der Waals surface area (Å²) >= 11 is 3.37. The zero-order valence-electron chi connectivity index (χ0n) is 9.77. The van der Waals surface area contributed by atoms with Crippen LogP contribution in [0.2, 0.25) is 0 Å². The highest BCUT2D eigenvalue weighted by atomic mass is 32.2. The van der Waals surface area contributed by atoms with Gasteiger partial charge in [0.2, 0.25) is 0 Å². The average molecular weight is 267 g/mol. The number of fused-ring (bicyclic) bond motifs is 1. The lowest BCUT2D eigenvalue weighted by molar-refractivity contribution is 0.178. The summed E-state index contributed by atoms with van der Waals surface area (Å²) in [5.41, 5.74) is 2.02. The van der Waals surface area contributed by atoms with E-state index in [2.05, 4.69) is 15.0 Å². The second-order valence-electron chi connectivity index (χ2n) is 4.07. The summed E-state index contributed by atoms with van der Waals surface area (Å²) in [6, 6.07) is 0. The molecule has 3 rings (SSSR count). The number of hydrogen-bond donors (Lipinski definition) is 0. The third-order valence-electron chi connectivity index (χ3n) is 2.72. The van der Waals surface area contributed by atoms with E-state index in [4.69, 9.17) is 4.74 Å². The topological polar surface area (TPSA) is 47.9 Å². The van der Waals surface area contributed by atoms with Gasteiger partial charge in [-0.05, 0) is 19.1 Å². The SMILES string of the molecule is COCc1nc(C2CC2)c2sc(SC)nc2n1. The zero-order valence-corrected chi connectivity index (χ0v) is 11.4. The highest BCUT2D eigenvalue weighted by molar-refractivity contribution is 8.00. The Morgan fingerprint density at radius 3 is 2.82 bits per heavy atom. The predicted octanol–water partition coefficient (Wildman–Crippen LogP) is 2.83. The summed E-state index contributed by atoms with van der Waals surface area (Å²) in [6.45, 7) is 0.460. The van der Waals surface area contributed by atoms with Crippen molar-refractivity contribution in [3.05, 3.63) is 11.5 Å². The standard InChI is InChI=1S/C11H13N3OS2/c1-15-5-7-12-8(6-3-4-6)9-10(13-7)14-11(16-2)17-9/h6H,3-5H2,1-2H3. The van der Waals surface area contributed by atoms with Crippen molar-refractivity contribution in [2.24, 2.45) is 0 Å². The maximum absolute atomic E-state index is 5.11. The summed E-state index contributed by atoms with van der Waals surface area (Å²) in [4.78, 5) is 13.6. The smallest absolute Gasteiger partial charge is 0.175 e. The molecule has 4 nitrogen and oxygen atoms in total. The number of rotatable bonds is 4. The summed E-state index contributed by atoms with van der Waals surface area (Å²) in [7, 11) is 1.67. The normalized spacial score (nSPS) is 15.6. The van der Waals surface area contributed by atoms with Crippen molar-refractivity contribution >= 4 is 33.4 Å². The van der Waals surface area contributed by atoms with Crippen LogP contribution in [0.1, 0.15) is 30.3 Å². The zero-order chi connectivity index (χ0) is 11.8. The van der Waals surface area contributed by atoms with Gasteiger partial charge in [-0.25, -0.2) is 15.0 Å². The molecule has 90 valence electrons. The van der Waals surface area contributed by atoms with Crippen LogP contribution >= 0.6 is 23.1 Å². The quantitative estimate of drug-likeness (QED) is 0.797. The lowest BCUT2D eigenvalue weighted by atomic mass is 10.3. The minimum absolute atomic E-state index is 0.460. The van der Waals surface area contributed by atoms with E-state index in [1.54, 1.807) is 30.2 Å². The monoisotopic (exact) mass is 267 g/mol. The Morgan fingerprint density at radius 1 is 1.35 bits per heavy atom. The minimum Gasteiger partial charge on any atom is -0.377 e. The summed E-state index contributed by atoms with van der Waals surface area (Å²) in [5, 5.41) is 0. The van der Waals surface area contributed by atoms with E-state index in [-0.39, 0.29) is 0 Å². The second kappa shape index (κ2) is 4.51. The maximum Gasteiger partial charge on any atom is 0.175 e. The van der Waals surface area contributed by atoms with E-state index < -0.39 is 0 Å². The highest BCUT2D eigenvalue weighted by Gasteiger charge is 2.29. The lowest BCUT2D eigenvalue weighted by Gasteiger charge is -2.02. The van der Waals surface area contributed by atoms with Crippen LogP contribution in [-0.4, -0.2) is 28.3 Å². The van der Waals surface area contributed by atoms with Crippen LogP contribution in [0.15, 0.2) is 4.34 Å². The van der Waals surface area contributed by atoms with Gasteiger partial charge in [0, 0.05) is 13.0 Å². The largest absolute Gasteiger partial charge is 0.377 e. The molecule has 2 aromatic heterocycles. The van der Waals surface area contributed by atoms with Gasteiger partial charge in [0.15, 0.2) is 15.8 Å². The Hall–Kier alpha value is -0.720. The molecule has 6 heteroatoms. The molecule has 0 aliphatic heterocycles. The minimum atomic E-state index is 0.460. The van der Waals surface area contributed by atoms with Crippen LogP contribution in [0, 0.1) is 0 Å². The Kier molecular flexibility index (Phi) is 3.02. The molecular formula is C11H13N3OS2. The number of aromatic nitrogens is 3. The van der Waals surface area contributed by atoms with E-state index in [1.165, 1.54) is 18.5 Å². The van der Waals surface area contributed by atoms with Crippen molar-refractivity contribution < 1.29 is 4.74 Å². The summed E-state index contributed by atoms with van der Waals surface area (Å²) in [5.74, 6) is 1.37. The van der Waals surface area contributed by atoms with Crippen LogP contribution < -0.4 is 0 Å². The molecule has 2 aromatic rings. The molecule has 0 spiro atoms. The first-order valence-electron chi connectivity index (χ1n) is 5.52. The number of ether oxygens (including phenoxy) is 1. The second-order valence-corrected chi connectivity index (χ2v) is 6.12. The van der Waals surface area contributed by atoms with Crippen molar-refractivity contribution in [3.63, 3.8) is 0 Å². The van der Waals surface area contributed by atoms with E-state index in [0.29, 0.717) is 12.5 Å². The molecule has 0 aromatic carbocycles. The molecule has 0 unspecified atom stereocenters. The molecule has 1 saturated carbocycles. The van der Waals surface area contributed by atoms with Crippen molar-refractivity contribution in [2.75, 3.05) is 13.4 Å². The van der Waals surface area contributed by atoms with Crippen LogP contribution in [0.25, 0.3) is 10.3 Å². The first-order valence-corrected chi connectivity index (χ1v) is 7.56. The fraction of sp³-hybridized carbons (Fsp3) is 0.545. The first-order chi connectivity index (χ1) is 8.31. The van der Waals surface area contributed by atoms with Gasteiger partial charge in [-0.1, -0.05) is 11.8 Å². The molecule has 0 radical (unpaired) electrons. The summed E-state index contributed by atoms with van der Waals surface area (Å²) < 4.78 is 7.34. The number of methoxy groups -OCH3 is 1. The Balaban J connectivity index is 2.14. The van der Waals surface area contributed by atoms with Crippen molar-refractivity contribution in [1.82, 2.24) is 15.0 Å². The average Bonchev–Trinajstić information content (AvgIpc) is 3.08. The lowest BCUT2D eigenvalue weighted by Crippen LogP contribution is -2.00. The molecule has 0 saturated heterocycles. The Labute approximate surface area is 108 Å². The summed E-state index contributed by atoms with van der Waals surface area (Å²) in [6.07, 6.45) is 4.52. The van der Waals surface area contributed by atoms with Crippen LogP contribution in [0.3, 0.4) is 0 Å². The number of nitrogens with zero attached hydrogens (tertiary/aromatic N) is 3. The molecule has 0 N–H and O–H groups in total. The number of thioether (sulfide) groups is 1. The van der Waals surface area contributed by atoms with E-state index in [9.17, 15) is 0 Å². The third-order valence-corrected chi connectivity index (χ3v) is 4.77. The van der Waals surface area contributed by atoms with Crippen molar-refractivity contribution in [2.45, 2.75) is 29.7 Å². The van der Waals surface area contributed by atoms with Gasteiger partial charge in [0.1, 0.15) is 6.61 Å². The van der Waals surface area contributed by atoms with E-state index >= 15 is 0 Å². The molecule has 0 amide bonds. The fourth-order valence-corrected chi connectivity index (χ4v) is 3.35. The molecule has 1 aliphatic rings. The molecule has 1 fully saturated rings. The van der Waals surface area contributed by atoms with Gasteiger partial charge < -0.3 is 4.74 Å². The van der Waals surface area contributed by atoms with Crippen molar-refractivity contribution in [3.8, 4) is 0 Å². The molecule has 2 heterocycles. The van der Waals surface area contributed by atoms with E-state index in [0.717, 1.165) is 20.5 Å². The van der Waals surface area contributed by atoms with Crippen molar-refractivity contribution in [1.29, 1.82) is 0 Å². The first kappa shape index (κ1) is 11.4. The highest BCUT2D eigenvalue weighted by Crippen LogP contribution is 2.43. The van der Waals surface area contributed by atoms with Crippen LogP contribution in [-0.2, 0) is 11.3 Å². The molecule has 0 atom stereocenters. The Bertz CT molecular complexity index is 551. The molecule has 17 heavy (non-hydrogen) atoms. The predicted molar refractivity (Wildman–Crippen MR) is 69.7 cm³/mol. The van der Waals surface area contributed by atoms with Gasteiger partial charge >= 0.3 is 0 Å². The van der Waals surface area contributed by atoms with E-state index in [1.807, 2.05) is 6.26 Å². The van der Waals surface area contributed by atoms with Gasteiger partial charge in [0.25, 0.3) is 0 Å². The van der Waals surface area contributed by atoms with Gasteiger partial charge in [-0.15, -0.1) is 11.3 Å².